The van der Waals surface area contributed by atoms with E-state index in [-0.39, 0.29) is 11.5 Å². The molecule has 1 aliphatic carbocycles. The third-order valence-electron chi connectivity index (χ3n) is 3.84. The van der Waals surface area contributed by atoms with Crippen LogP contribution in [0.3, 0.4) is 0 Å². The summed E-state index contributed by atoms with van der Waals surface area (Å²) in [6.07, 6.45) is 3.18. The first-order chi connectivity index (χ1) is 8.58. The third kappa shape index (κ3) is 2.34. The van der Waals surface area contributed by atoms with E-state index in [1.807, 2.05) is 19.1 Å². The fraction of sp³-hybridized carbons (Fsp3) is 0.500. The van der Waals surface area contributed by atoms with Crippen LogP contribution in [0.2, 0.25) is 0 Å². The highest BCUT2D eigenvalue weighted by Crippen LogP contribution is 2.34. The molecule has 0 atom stereocenters. The predicted octanol–water partition coefficient (Wildman–Crippen LogP) is 1.88. The van der Waals surface area contributed by atoms with Gasteiger partial charge in [-0.1, -0.05) is 12.1 Å². The Hall–Kier alpha value is -1.55. The van der Waals surface area contributed by atoms with Crippen LogP contribution in [0.4, 0.5) is 5.69 Å². The van der Waals surface area contributed by atoms with Gasteiger partial charge in [-0.2, -0.15) is 0 Å². The lowest BCUT2D eigenvalue weighted by Gasteiger charge is -2.40. The van der Waals surface area contributed by atoms with Gasteiger partial charge in [0.2, 0.25) is 0 Å². The molecule has 4 heteroatoms. The van der Waals surface area contributed by atoms with Gasteiger partial charge < -0.3 is 15.8 Å². The first-order valence-electron chi connectivity index (χ1n) is 6.26. The number of hydrogen-bond donors (Lipinski definition) is 2. The number of para-hydroxylation sites is 1. The molecule has 0 spiro atoms. The molecule has 0 aromatic heterocycles. The van der Waals surface area contributed by atoms with Crippen LogP contribution in [0.5, 0.6) is 0 Å². The topological polar surface area (TPSA) is 64.3 Å². The summed E-state index contributed by atoms with van der Waals surface area (Å²) in [5.74, 6) is -0.125. The Kier molecular flexibility index (Phi) is 3.57. The van der Waals surface area contributed by atoms with Gasteiger partial charge in [0.1, 0.15) is 0 Å². The van der Waals surface area contributed by atoms with E-state index < -0.39 is 0 Å². The number of hydrogen-bond acceptors (Lipinski definition) is 3. The highest BCUT2D eigenvalue weighted by molar-refractivity contribution is 5.99. The van der Waals surface area contributed by atoms with Crippen LogP contribution in [0.1, 0.15) is 35.2 Å². The number of aryl methyl sites for hydroxylation is 1. The van der Waals surface area contributed by atoms with Crippen LogP contribution in [-0.2, 0) is 4.74 Å². The van der Waals surface area contributed by atoms with Gasteiger partial charge >= 0.3 is 0 Å². The quantitative estimate of drug-likeness (QED) is 0.800. The van der Waals surface area contributed by atoms with Crippen LogP contribution in [0, 0.1) is 6.92 Å². The average molecular weight is 248 g/mol. The molecule has 3 N–H and O–H groups in total. The molecule has 18 heavy (non-hydrogen) atoms. The molecule has 0 heterocycles. The van der Waals surface area contributed by atoms with Crippen molar-refractivity contribution in [3.05, 3.63) is 29.3 Å². The molecule has 4 nitrogen and oxygen atoms in total. The zero-order chi connectivity index (χ0) is 13.2. The molecule has 0 bridgehead atoms. The van der Waals surface area contributed by atoms with E-state index in [0.29, 0.717) is 17.8 Å². The van der Waals surface area contributed by atoms with Crippen molar-refractivity contribution in [2.45, 2.75) is 31.8 Å². The summed E-state index contributed by atoms with van der Waals surface area (Å²) in [4.78, 5) is 12.1. The van der Waals surface area contributed by atoms with E-state index in [1.165, 1.54) is 0 Å². The number of carbonyl (C=O) groups is 1. The van der Waals surface area contributed by atoms with Crippen molar-refractivity contribution in [3.63, 3.8) is 0 Å². The van der Waals surface area contributed by atoms with Crippen molar-refractivity contribution in [2.24, 2.45) is 0 Å². The van der Waals surface area contributed by atoms with E-state index in [2.05, 4.69) is 5.32 Å². The third-order valence-corrected chi connectivity index (χ3v) is 3.84. The van der Waals surface area contributed by atoms with E-state index >= 15 is 0 Å². The van der Waals surface area contributed by atoms with Crippen molar-refractivity contribution >= 4 is 11.6 Å². The second kappa shape index (κ2) is 4.98. The Bertz CT molecular complexity index is 448. The van der Waals surface area contributed by atoms with Gasteiger partial charge in [0.05, 0.1) is 11.2 Å². The van der Waals surface area contributed by atoms with E-state index in [4.69, 9.17) is 10.5 Å². The van der Waals surface area contributed by atoms with Crippen molar-refractivity contribution in [1.29, 1.82) is 0 Å². The summed E-state index contributed by atoms with van der Waals surface area (Å²) in [5, 5.41) is 2.92. The standard InChI is InChI=1S/C14H20N2O2/c1-10-5-3-6-11(12(10)15)13(17)16-9-14(18-2)7-4-8-14/h3,5-6H,4,7-9,15H2,1-2H3,(H,16,17). The number of nitrogens with one attached hydrogen (secondary N) is 1. The number of anilines is 1. The molecule has 0 unspecified atom stereocenters. The first-order valence-corrected chi connectivity index (χ1v) is 6.26. The molecule has 98 valence electrons. The number of nitrogen functional groups attached to an aromatic ring is 1. The fourth-order valence-corrected chi connectivity index (χ4v) is 2.24. The van der Waals surface area contributed by atoms with Gasteiger partial charge in [0, 0.05) is 19.3 Å². The number of amides is 1. The Labute approximate surface area is 108 Å². The van der Waals surface area contributed by atoms with Crippen molar-refractivity contribution < 1.29 is 9.53 Å². The van der Waals surface area contributed by atoms with Gasteiger partial charge in [-0.25, -0.2) is 0 Å². The Morgan fingerprint density at radius 2 is 2.22 bits per heavy atom. The number of carbonyl (C=O) groups excluding carboxylic acids is 1. The summed E-state index contributed by atoms with van der Waals surface area (Å²) in [6.45, 7) is 2.45. The minimum absolute atomic E-state index is 0.125. The van der Waals surface area contributed by atoms with Crippen LogP contribution >= 0.6 is 0 Å². The molecule has 1 aromatic carbocycles. The molecule has 2 rings (SSSR count). The highest BCUT2D eigenvalue weighted by atomic mass is 16.5. The van der Waals surface area contributed by atoms with E-state index in [1.54, 1.807) is 13.2 Å². The minimum Gasteiger partial charge on any atom is -0.398 e. The SMILES string of the molecule is COC1(CNC(=O)c2cccc(C)c2N)CCC1. The molecule has 0 aliphatic heterocycles. The zero-order valence-electron chi connectivity index (χ0n) is 11.0. The largest absolute Gasteiger partial charge is 0.398 e. The molecule has 1 aliphatic rings. The van der Waals surface area contributed by atoms with Gasteiger partial charge in [-0.3, -0.25) is 4.79 Å². The molecule has 0 saturated heterocycles. The normalized spacial score (nSPS) is 17.0. The lowest BCUT2D eigenvalue weighted by Crippen LogP contribution is -2.49. The monoisotopic (exact) mass is 248 g/mol. The number of nitrogens with two attached hydrogens (primary N) is 1. The van der Waals surface area contributed by atoms with Gasteiger partial charge in [-0.05, 0) is 37.8 Å². The van der Waals surface area contributed by atoms with Crippen molar-refractivity contribution in [2.75, 3.05) is 19.4 Å². The highest BCUT2D eigenvalue weighted by Gasteiger charge is 2.37. The lowest BCUT2D eigenvalue weighted by atomic mass is 9.80. The molecule has 1 amide bonds. The van der Waals surface area contributed by atoms with Crippen LogP contribution < -0.4 is 11.1 Å². The lowest BCUT2D eigenvalue weighted by molar-refractivity contribution is -0.0679. The summed E-state index contributed by atoms with van der Waals surface area (Å²) < 4.78 is 5.47. The number of rotatable bonds is 4. The maximum Gasteiger partial charge on any atom is 0.253 e. The second-order valence-electron chi connectivity index (χ2n) is 4.96. The smallest absolute Gasteiger partial charge is 0.253 e. The van der Waals surface area contributed by atoms with Gasteiger partial charge in [0.15, 0.2) is 0 Å². The minimum atomic E-state index is -0.158. The number of benzene rings is 1. The second-order valence-corrected chi connectivity index (χ2v) is 4.96. The van der Waals surface area contributed by atoms with Crippen LogP contribution in [-0.4, -0.2) is 25.2 Å². The molecule has 1 fully saturated rings. The predicted molar refractivity (Wildman–Crippen MR) is 71.5 cm³/mol. The van der Waals surface area contributed by atoms with Gasteiger partial charge in [0.25, 0.3) is 5.91 Å². The Morgan fingerprint density at radius 3 is 2.78 bits per heavy atom. The van der Waals surface area contributed by atoms with E-state index in [0.717, 1.165) is 24.8 Å². The van der Waals surface area contributed by atoms with Crippen LogP contribution in [0.25, 0.3) is 0 Å². The Morgan fingerprint density at radius 1 is 1.50 bits per heavy atom. The van der Waals surface area contributed by atoms with E-state index in [9.17, 15) is 4.79 Å². The van der Waals surface area contributed by atoms with Crippen molar-refractivity contribution in [1.82, 2.24) is 5.32 Å². The van der Waals surface area contributed by atoms with Gasteiger partial charge in [-0.15, -0.1) is 0 Å². The van der Waals surface area contributed by atoms with Crippen LogP contribution in [0.15, 0.2) is 18.2 Å². The first kappa shape index (κ1) is 12.9. The molecule has 0 radical (unpaired) electrons. The summed E-state index contributed by atoms with van der Waals surface area (Å²) >= 11 is 0. The molecular weight excluding hydrogens is 228 g/mol. The molecule has 1 aromatic rings. The Balaban J connectivity index is 2.02. The van der Waals surface area contributed by atoms with Crippen molar-refractivity contribution in [3.8, 4) is 0 Å². The molecule has 1 saturated carbocycles. The fourth-order valence-electron chi connectivity index (χ4n) is 2.24. The average Bonchev–Trinajstić information content (AvgIpc) is 2.31. The summed E-state index contributed by atoms with van der Waals surface area (Å²) in [6, 6.07) is 5.49. The maximum absolute atomic E-state index is 12.1. The number of methoxy groups -OCH3 is 1. The summed E-state index contributed by atoms with van der Waals surface area (Å²) in [7, 11) is 1.70. The molecular formula is C14H20N2O2. The zero-order valence-corrected chi connectivity index (χ0v) is 11.0. The maximum atomic E-state index is 12.1. The summed E-state index contributed by atoms with van der Waals surface area (Å²) in [5.41, 5.74) is 7.77. The number of ether oxygens (including phenoxy) is 1.